The first kappa shape index (κ1) is 14.4. The first-order chi connectivity index (χ1) is 6.91. The minimum atomic E-state index is -0.140. The molecule has 2 nitrogen and oxygen atoms in total. The van der Waals surface area contributed by atoms with Crippen molar-refractivity contribution in [3.63, 3.8) is 0 Å². The Kier molecular flexibility index (Phi) is 13.7. The van der Waals surface area contributed by atoms with Crippen molar-refractivity contribution in [2.24, 2.45) is 0 Å². The van der Waals surface area contributed by atoms with Crippen LogP contribution >= 0.6 is 0 Å². The van der Waals surface area contributed by atoms with Gasteiger partial charge in [-0.05, 0) is 12.1 Å². The van der Waals surface area contributed by atoms with Gasteiger partial charge in [0.1, 0.15) is 0 Å². The number of hydrogen-bond acceptors (Lipinski definition) is 2. The van der Waals surface area contributed by atoms with Crippen molar-refractivity contribution in [1.82, 2.24) is 0 Å². The minimum Gasteiger partial charge on any atom is -0.427 e. The Morgan fingerprint density at radius 3 is 1.36 bits per heavy atom. The van der Waals surface area contributed by atoms with E-state index < -0.39 is 0 Å². The zero-order valence-electron chi connectivity index (χ0n) is 9.89. The molecule has 0 aliphatic heterocycles. The second kappa shape index (κ2) is 13.4. The van der Waals surface area contributed by atoms with Gasteiger partial charge < -0.3 is 8.85 Å². The van der Waals surface area contributed by atoms with Crippen molar-refractivity contribution in [1.29, 1.82) is 0 Å². The average molecular weight is 234 g/mol. The molecule has 0 N–H and O–H groups in total. The molecule has 0 rings (SSSR count). The fourth-order valence-corrected chi connectivity index (χ4v) is 3.25. The normalized spacial score (nSPS) is 12.4. The van der Waals surface area contributed by atoms with Gasteiger partial charge in [0, 0.05) is 14.2 Å². The summed E-state index contributed by atoms with van der Waals surface area (Å²) in [7, 11) is 3.40. The monoisotopic (exact) mass is 234 g/mol. The van der Waals surface area contributed by atoms with Crippen molar-refractivity contribution in [3.05, 3.63) is 0 Å². The maximum atomic E-state index is 5.14. The van der Waals surface area contributed by atoms with Crippen LogP contribution in [0, 0.1) is 0 Å². The van der Waals surface area contributed by atoms with Gasteiger partial charge in [0.15, 0.2) is 19.5 Å². The largest absolute Gasteiger partial charge is 0.427 e. The van der Waals surface area contributed by atoms with E-state index in [4.69, 9.17) is 8.85 Å². The van der Waals surface area contributed by atoms with Gasteiger partial charge in [-0.2, -0.15) is 0 Å². The molecule has 4 heteroatoms. The van der Waals surface area contributed by atoms with Gasteiger partial charge in [-0.1, -0.05) is 38.5 Å². The molecule has 0 spiro atoms. The van der Waals surface area contributed by atoms with E-state index in [1.165, 1.54) is 50.6 Å². The summed E-state index contributed by atoms with van der Waals surface area (Å²) in [6, 6.07) is 2.74. The first-order valence-corrected chi connectivity index (χ1v) is 9.05. The number of unbranched alkanes of at least 4 members (excludes halogenated alkanes) is 5. The van der Waals surface area contributed by atoms with Crippen LogP contribution in [0.4, 0.5) is 0 Å². The summed E-state index contributed by atoms with van der Waals surface area (Å²) in [5.74, 6) is 0. The van der Waals surface area contributed by atoms with Crippen LogP contribution in [-0.2, 0) is 8.85 Å². The van der Waals surface area contributed by atoms with Crippen LogP contribution < -0.4 is 0 Å². The molecule has 0 aromatic carbocycles. The standard InChI is InChI=1S/C10H26O2Si2/c1-11-13-9-7-5-3-4-6-8-10-14-12-2/h3-10,13-14H2,1-2H3. The highest BCUT2D eigenvalue weighted by Gasteiger charge is 1.92. The summed E-state index contributed by atoms with van der Waals surface area (Å²) in [4.78, 5) is 0. The van der Waals surface area contributed by atoms with E-state index in [2.05, 4.69) is 0 Å². The quantitative estimate of drug-likeness (QED) is 0.400. The van der Waals surface area contributed by atoms with Crippen molar-refractivity contribution >= 4 is 19.5 Å². The molecule has 0 bridgehead atoms. The second-order valence-corrected chi connectivity index (χ2v) is 7.20. The van der Waals surface area contributed by atoms with Crippen LogP contribution in [0.5, 0.6) is 0 Å². The molecule has 0 atom stereocenters. The minimum absolute atomic E-state index is 0.140. The lowest BCUT2D eigenvalue weighted by atomic mass is 10.1. The maximum Gasteiger partial charge on any atom is 0.161 e. The zero-order chi connectivity index (χ0) is 10.5. The van der Waals surface area contributed by atoms with E-state index >= 15 is 0 Å². The van der Waals surface area contributed by atoms with Crippen LogP contribution in [0.2, 0.25) is 12.1 Å². The molecule has 0 saturated heterocycles. The van der Waals surface area contributed by atoms with Crippen molar-refractivity contribution < 1.29 is 8.85 Å². The van der Waals surface area contributed by atoms with E-state index in [9.17, 15) is 0 Å². The van der Waals surface area contributed by atoms with Gasteiger partial charge in [-0.15, -0.1) is 0 Å². The molecular formula is C10H26O2Si2. The molecule has 0 unspecified atom stereocenters. The number of hydrogen-bond donors (Lipinski definition) is 0. The Labute approximate surface area is 93.6 Å². The zero-order valence-corrected chi connectivity index (χ0v) is 12.7. The van der Waals surface area contributed by atoms with Crippen molar-refractivity contribution in [2.45, 2.75) is 50.6 Å². The third kappa shape index (κ3) is 12.4. The number of rotatable bonds is 11. The van der Waals surface area contributed by atoms with Crippen LogP contribution in [-0.4, -0.2) is 33.7 Å². The summed E-state index contributed by atoms with van der Waals surface area (Å²) in [6.07, 6.45) is 8.47. The van der Waals surface area contributed by atoms with E-state index in [0.717, 1.165) is 0 Å². The molecule has 14 heavy (non-hydrogen) atoms. The van der Waals surface area contributed by atoms with Gasteiger partial charge in [-0.25, -0.2) is 0 Å². The molecule has 0 aliphatic carbocycles. The average Bonchev–Trinajstić information content (AvgIpc) is 2.21. The van der Waals surface area contributed by atoms with Crippen molar-refractivity contribution in [3.8, 4) is 0 Å². The van der Waals surface area contributed by atoms with Gasteiger partial charge in [0.2, 0.25) is 0 Å². The van der Waals surface area contributed by atoms with E-state index in [1.54, 1.807) is 0 Å². The van der Waals surface area contributed by atoms with Crippen LogP contribution in [0.25, 0.3) is 0 Å². The Morgan fingerprint density at radius 2 is 1.00 bits per heavy atom. The highest BCUT2D eigenvalue weighted by atomic mass is 28.2. The van der Waals surface area contributed by atoms with Crippen LogP contribution in [0.15, 0.2) is 0 Å². The highest BCUT2D eigenvalue weighted by molar-refractivity contribution is 6.27. The molecule has 0 amide bonds. The third-order valence-electron chi connectivity index (χ3n) is 2.45. The molecule has 0 saturated carbocycles. The summed E-state index contributed by atoms with van der Waals surface area (Å²) in [5.41, 5.74) is 0. The van der Waals surface area contributed by atoms with E-state index in [1.807, 2.05) is 14.2 Å². The van der Waals surface area contributed by atoms with Gasteiger partial charge in [0.05, 0.1) is 0 Å². The van der Waals surface area contributed by atoms with Crippen molar-refractivity contribution in [2.75, 3.05) is 14.2 Å². The highest BCUT2D eigenvalue weighted by Crippen LogP contribution is 2.08. The summed E-state index contributed by atoms with van der Waals surface area (Å²) >= 11 is 0. The summed E-state index contributed by atoms with van der Waals surface area (Å²) in [5, 5.41) is 0. The Hall–Kier alpha value is 0.354. The predicted octanol–water partition coefficient (Wildman–Crippen LogP) is 1.62. The second-order valence-electron chi connectivity index (χ2n) is 3.81. The Balaban J connectivity index is 2.78. The van der Waals surface area contributed by atoms with E-state index in [-0.39, 0.29) is 19.5 Å². The van der Waals surface area contributed by atoms with Gasteiger partial charge in [0.25, 0.3) is 0 Å². The molecule has 86 valence electrons. The maximum absolute atomic E-state index is 5.14. The summed E-state index contributed by atoms with van der Waals surface area (Å²) < 4.78 is 10.3. The molecule has 0 fully saturated rings. The Morgan fingerprint density at radius 1 is 0.643 bits per heavy atom. The van der Waals surface area contributed by atoms with E-state index in [0.29, 0.717) is 0 Å². The lowest BCUT2D eigenvalue weighted by Gasteiger charge is -2.01. The molecule has 0 radical (unpaired) electrons. The molecule has 0 heterocycles. The smallest absolute Gasteiger partial charge is 0.161 e. The summed E-state index contributed by atoms with van der Waals surface area (Å²) in [6.45, 7) is 0. The first-order valence-electron chi connectivity index (χ1n) is 5.89. The molecule has 0 aliphatic rings. The van der Waals surface area contributed by atoms with Gasteiger partial charge in [-0.3, -0.25) is 0 Å². The van der Waals surface area contributed by atoms with Gasteiger partial charge >= 0.3 is 0 Å². The lowest BCUT2D eigenvalue weighted by molar-refractivity contribution is 0.436. The predicted molar refractivity (Wildman–Crippen MR) is 68.4 cm³/mol. The fourth-order valence-electron chi connectivity index (χ4n) is 1.55. The third-order valence-corrected chi connectivity index (χ3v) is 4.84. The van der Waals surface area contributed by atoms with Crippen LogP contribution in [0.3, 0.4) is 0 Å². The lowest BCUT2D eigenvalue weighted by Crippen LogP contribution is -1.93. The molecule has 0 aromatic rings. The fraction of sp³-hybridized carbons (Fsp3) is 1.00. The topological polar surface area (TPSA) is 18.5 Å². The SMILES string of the molecule is CO[SiH2]CCCCCCCC[SiH2]OC. The Bertz CT molecular complexity index is 90.1. The molecular weight excluding hydrogens is 208 g/mol. The molecule has 0 aromatic heterocycles. The van der Waals surface area contributed by atoms with Crippen LogP contribution in [0.1, 0.15) is 38.5 Å².